The molecule has 0 spiro atoms. The topological polar surface area (TPSA) is 131 Å². The van der Waals surface area contributed by atoms with Gasteiger partial charge in [-0.05, 0) is 46.8 Å². The second-order valence-corrected chi connectivity index (χ2v) is 9.19. The Morgan fingerprint density at radius 1 is 1.21 bits per heavy atom. The molecule has 1 fully saturated rings. The van der Waals surface area contributed by atoms with Gasteiger partial charge in [-0.3, -0.25) is 19.2 Å². The number of furan rings is 1. The van der Waals surface area contributed by atoms with E-state index in [1.54, 1.807) is 18.2 Å². The lowest BCUT2D eigenvalue weighted by atomic mass is 9.60. The van der Waals surface area contributed by atoms with Crippen LogP contribution in [0.25, 0.3) is 0 Å². The number of hydrogen-bond acceptors (Lipinski definition) is 8. The molecule has 10 heteroatoms. The number of imide groups is 3. The highest BCUT2D eigenvalue weighted by Crippen LogP contribution is 2.55. The van der Waals surface area contributed by atoms with E-state index in [2.05, 4.69) is 20.7 Å². The largest absolute Gasteiger partial charge is 0.463 e. The van der Waals surface area contributed by atoms with Crippen LogP contribution in [0, 0.1) is 17.8 Å². The number of aliphatic hydroxyl groups is 1. The minimum Gasteiger partial charge on any atom is -0.463 e. The van der Waals surface area contributed by atoms with Gasteiger partial charge in [-0.2, -0.15) is 4.90 Å². The zero-order chi connectivity index (χ0) is 23.6. The van der Waals surface area contributed by atoms with E-state index in [-0.39, 0.29) is 46.6 Å². The monoisotopic (exact) mass is 515 g/mol. The summed E-state index contributed by atoms with van der Waals surface area (Å²) in [5, 5.41) is 9.45. The lowest BCUT2D eigenvalue weighted by Crippen LogP contribution is -2.40. The number of methoxy groups -OCH3 is 1. The lowest BCUT2D eigenvalue weighted by molar-refractivity contribution is -0.137. The third-order valence-electron chi connectivity index (χ3n) is 6.81. The summed E-state index contributed by atoms with van der Waals surface area (Å²) in [5.74, 6) is -4.33. The maximum atomic E-state index is 13.2. The molecular formula is C23H18BrNO8. The van der Waals surface area contributed by atoms with Crippen molar-refractivity contribution in [3.63, 3.8) is 0 Å². The van der Waals surface area contributed by atoms with E-state index < -0.39 is 41.6 Å². The Bertz CT molecular complexity index is 1230. The molecule has 0 aromatic carbocycles. The molecule has 4 atom stereocenters. The number of allylic oxidation sites excluding steroid dienone is 6. The summed E-state index contributed by atoms with van der Waals surface area (Å²) in [7, 11) is 1.09. The summed E-state index contributed by atoms with van der Waals surface area (Å²) in [5.41, 5.74) is 1.21. The number of aliphatic hydroxyl groups excluding tert-OH is 1. The molecular weight excluding hydrogens is 498 g/mol. The molecule has 4 aliphatic rings. The van der Waals surface area contributed by atoms with Crippen LogP contribution in [0.4, 0.5) is 4.79 Å². The van der Waals surface area contributed by atoms with Crippen LogP contribution in [0.1, 0.15) is 30.3 Å². The lowest BCUT2D eigenvalue weighted by Gasteiger charge is -2.41. The number of carbonyl (C=O) groups is 5. The van der Waals surface area contributed by atoms with Gasteiger partial charge < -0.3 is 14.3 Å². The van der Waals surface area contributed by atoms with Gasteiger partial charge in [0.05, 0.1) is 29.3 Å². The second kappa shape index (κ2) is 7.74. The summed E-state index contributed by atoms with van der Waals surface area (Å²) in [6.45, 7) is -0.342. The molecule has 170 valence electrons. The molecule has 1 aliphatic heterocycles. The van der Waals surface area contributed by atoms with Crippen molar-refractivity contribution in [2.45, 2.75) is 25.4 Å². The summed E-state index contributed by atoms with van der Waals surface area (Å²) in [6.07, 6.45) is 2.26. The van der Waals surface area contributed by atoms with E-state index in [1.165, 1.54) is 6.08 Å². The van der Waals surface area contributed by atoms with Crippen LogP contribution in [0.3, 0.4) is 0 Å². The first kappa shape index (κ1) is 21.7. The molecule has 9 nitrogen and oxygen atoms in total. The van der Waals surface area contributed by atoms with Crippen molar-refractivity contribution in [2.75, 3.05) is 7.11 Å². The zero-order valence-corrected chi connectivity index (χ0v) is 19.0. The minimum atomic E-state index is -1.04. The van der Waals surface area contributed by atoms with Gasteiger partial charge in [0.2, 0.25) is 11.8 Å². The Morgan fingerprint density at radius 2 is 1.97 bits per heavy atom. The molecule has 1 aromatic heterocycles. The number of hydrogen-bond donors (Lipinski definition) is 1. The highest BCUT2D eigenvalue weighted by atomic mass is 79.9. The van der Waals surface area contributed by atoms with Crippen molar-refractivity contribution in [1.29, 1.82) is 0 Å². The van der Waals surface area contributed by atoms with Gasteiger partial charge in [0, 0.05) is 17.2 Å². The molecule has 0 radical (unpaired) electrons. The zero-order valence-electron chi connectivity index (χ0n) is 17.4. The molecule has 5 rings (SSSR count). The van der Waals surface area contributed by atoms with E-state index in [4.69, 9.17) is 4.42 Å². The third kappa shape index (κ3) is 3.04. The molecule has 4 unspecified atom stereocenters. The van der Waals surface area contributed by atoms with Gasteiger partial charge in [0.15, 0.2) is 11.6 Å². The van der Waals surface area contributed by atoms with Crippen molar-refractivity contribution in [3.05, 3.63) is 57.0 Å². The molecule has 0 saturated carbocycles. The predicted molar refractivity (Wildman–Crippen MR) is 113 cm³/mol. The number of rotatable bonds is 2. The van der Waals surface area contributed by atoms with Crippen LogP contribution < -0.4 is 0 Å². The Labute approximate surface area is 195 Å². The van der Waals surface area contributed by atoms with Gasteiger partial charge in [0.1, 0.15) is 18.1 Å². The molecule has 1 saturated heterocycles. The number of amides is 3. The molecule has 1 aromatic rings. The normalized spacial score (nSPS) is 28.9. The van der Waals surface area contributed by atoms with Crippen molar-refractivity contribution < 1.29 is 38.2 Å². The molecule has 2 heterocycles. The number of carbonyl (C=O) groups excluding carboxylic acids is 5. The summed E-state index contributed by atoms with van der Waals surface area (Å²) < 4.78 is 10.5. The minimum absolute atomic E-state index is 0.0773. The second-order valence-electron chi connectivity index (χ2n) is 8.34. The highest BCUT2D eigenvalue weighted by Gasteiger charge is 2.58. The SMILES string of the molecule is COC(=O)N1C(=O)C2CC=C3C(c4ccc(CO)o4)C4=C(CC3C2C1=O)C(=O)C(Br)=CC4=O. The number of likely N-dealkylation sites (tertiary alicyclic amines) is 1. The van der Waals surface area contributed by atoms with Crippen LogP contribution in [0.15, 0.2) is 49.9 Å². The number of nitrogens with zero attached hydrogens (tertiary/aromatic N) is 1. The highest BCUT2D eigenvalue weighted by molar-refractivity contribution is 9.12. The van der Waals surface area contributed by atoms with Gasteiger partial charge >= 0.3 is 6.09 Å². The first-order valence-electron chi connectivity index (χ1n) is 10.3. The Hall–Kier alpha value is -3.11. The Kier molecular flexibility index (Phi) is 5.09. The summed E-state index contributed by atoms with van der Waals surface area (Å²) in [6, 6.07) is 3.21. The molecule has 1 N–H and O–H groups in total. The number of halogens is 1. The van der Waals surface area contributed by atoms with E-state index in [0.29, 0.717) is 22.0 Å². The van der Waals surface area contributed by atoms with E-state index in [9.17, 15) is 29.1 Å². The van der Waals surface area contributed by atoms with Crippen LogP contribution >= 0.6 is 15.9 Å². The first-order valence-corrected chi connectivity index (χ1v) is 11.1. The van der Waals surface area contributed by atoms with Crippen LogP contribution in [-0.4, -0.2) is 46.6 Å². The van der Waals surface area contributed by atoms with Gasteiger partial charge in [0.25, 0.3) is 0 Å². The smallest absolute Gasteiger partial charge is 0.423 e. The molecule has 3 aliphatic carbocycles. The van der Waals surface area contributed by atoms with Crippen molar-refractivity contribution >= 4 is 45.4 Å². The summed E-state index contributed by atoms with van der Waals surface area (Å²) in [4.78, 5) is 64.7. The Balaban J connectivity index is 1.66. The number of ether oxygens (including phenoxy) is 1. The molecule has 33 heavy (non-hydrogen) atoms. The fourth-order valence-electron chi connectivity index (χ4n) is 5.44. The third-order valence-corrected chi connectivity index (χ3v) is 7.40. The van der Waals surface area contributed by atoms with Gasteiger partial charge in [-0.15, -0.1) is 0 Å². The van der Waals surface area contributed by atoms with Crippen LogP contribution in [0.5, 0.6) is 0 Å². The fraction of sp³-hybridized carbons (Fsp3) is 0.348. The molecule has 3 amide bonds. The summed E-state index contributed by atoms with van der Waals surface area (Å²) >= 11 is 3.15. The number of fused-ring (bicyclic) bond motifs is 3. The Morgan fingerprint density at radius 3 is 2.64 bits per heavy atom. The van der Waals surface area contributed by atoms with E-state index >= 15 is 0 Å². The first-order chi connectivity index (χ1) is 15.8. The van der Waals surface area contributed by atoms with Crippen LogP contribution in [0.2, 0.25) is 0 Å². The number of ketones is 2. The quantitative estimate of drug-likeness (QED) is 0.360. The maximum absolute atomic E-state index is 13.2. The number of Topliss-reactive ketones (excluding diaryl/α,β-unsaturated/α-hetero) is 1. The molecule has 0 bridgehead atoms. The average Bonchev–Trinajstić information content (AvgIpc) is 3.38. The van der Waals surface area contributed by atoms with Crippen molar-refractivity contribution in [2.24, 2.45) is 17.8 Å². The van der Waals surface area contributed by atoms with Gasteiger partial charge in [-0.25, -0.2) is 4.79 Å². The van der Waals surface area contributed by atoms with Crippen molar-refractivity contribution in [1.82, 2.24) is 4.90 Å². The van der Waals surface area contributed by atoms with Crippen LogP contribution in [-0.2, 0) is 30.5 Å². The standard InChI is InChI=1S/C23H18BrNO8/c1-32-23(31)25-21(29)11-4-3-10-12(17(11)22(25)30)6-13-18(15(27)7-14(24)20(13)28)19(10)16-5-2-9(8-26)33-16/h2-3,5,7,11-12,17,19,26H,4,6,8H2,1H3. The van der Waals surface area contributed by atoms with Crippen molar-refractivity contribution in [3.8, 4) is 0 Å². The van der Waals surface area contributed by atoms with Gasteiger partial charge in [-0.1, -0.05) is 11.6 Å². The average molecular weight is 516 g/mol. The maximum Gasteiger partial charge on any atom is 0.423 e. The van der Waals surface area contributed by atoms with E-state index in [0.717, 1.165) is 7.11 Å². The fourth-order valence-corrected chi connectivity index (χ4v) is 5.89. The predicted octanol–water partition coefficient (Wildman–Crippen LogP) is 2.30. The van der Waals surface area contributed by atoms with E-state index in [1.807, 2.05) is 0 Å².